The second kappa shape index (κ2) is 8.89. The van der Waals surface area contributed by atoms with Crippen molar-refractivity contribution in [3.63, 3.8) is 0 Å². The molecule has 2 aliphatic rings. The van der Waals surface area contributed by atoms with E-state index in [-0.39, 0.29) is 24.8 Å². The smallest absolute Gasteiger partial charge is 0.410 e. The van der Waals surface area contributed by atoms with E-state index < -0.39 is 0 Å². The molecule has 0 aliphatic heterocycles. The van der Waals surface area contributed by atoms with Crippen LogP contribution in [0.25, 0.3) is 11.5 Å². The zero-order valence-corrected chi connectivity index (χ0v) is 19.0. The van der Waals surface area contributed by atoms with Crippen molar-refractivity contribution >= 4 is 6.09 Å². The first kappa shape index (κ1) is 21.7. The first-order valence-corrected chi connectivity index (χ1v) is 11.3. The molecule has 0 saturated heterocycles. The van der Waals surface area contributed by atoms with E-state index in [9.17, 15) is 4.79 Å². The van der Waals surface area contributed by atoms with Crippen molar-refractivity contribution in [2.45, 2.75) is 84.5 Å². The van der Waals surface area contributed by atoms with Gasteiger partial charge in [-0.1, -0.05) is 25.4 Å². The van der Waals surface area contributed by atoms with Crippen LogP contribution in [-0.4, -0.2) is 40.3 Å². The monoisotopic (exact) mass is 427 g/mol. The normalized spacial score (nSPS) is 19.0. The number of ether oxygens (including phenoxy) is 2. The van der Waals surface area contributed by atoms with Crippen molar-refractivity contribution in [1.29, 1.82) is 0 Å². The minimum atomic E-state index is -0.323. The van der Waals surface area contributed by atoms with Gasteiger partial charge in [-0.15, -0.1) is 0 Å². The number of nitrogens with zero attached hydrogens (tertiary/aromatic N) is 3. The first-order chi connectivity index (χ1) is 14.8. The Morgan fingerprint density at radius 1 is 1.23 bits per heavy atom. The van der Waals surface area contributed by atoms with Crippen LogP contribution in [0.4, 0.5) is 4.79 Å². The molecule has 2 heterocycles. The van der Waals surface area contributed by atoms with Gasteiger partial charge in [0.2, 0.25) is 0 Å². The van der Waals surface area contributed by atoms with Crippen LogP contribution in [0.2, 0.25) is 0 Å². The first-order valence-electron chi connectivity index (χ1n) is 11.3. The summed E-state index contributed by atoms with van der Waals surface area (Å²) in [6.07, 6.45) is 9.62. The Balaban J connectivity index is 1.37. The predicted molar refractivity (Wildman–Crippen MR) is 117 cm³/mol. The molecule has 168 valence electrons. The number of rotatable bonds is 6. The largest absolute Gasteiger partial charge is 0.489 e. The van der Waals surface area contributed by atoms with Gasteiger partial charge in [-0.25, -0.2) is 9.78 Å². The molecule has 7 heteroatoms. The van der Waals surface area contributed by atoms with Crippen LogP contribution in [0.1, 0.15) is 70.1 Å². The highest BCUT2D eigenvalue weighted by atomic mass is 16.6. The molecule has 0 unspecified atom stereocenters. The molecule has 2 saturated carbocycles. The zero-order chi connectivity index (χ0) is 22.0. The summed E-state index contributed by atoms with van der Waals surface area (Å²) in [4.78, 5) is 18.7. The van der Waals surface area contributed by atoms with Gasteiger partial charge in [0.25, 0.3) is 0 Å². The van der Waals surface area contributed by atoms with Gasteiger partial charge in [0.15, 0.2) is 5.76 Å². The van der Waals surface area contributed by atoms with E-state index >= 15 is 0 Å². The molecule has 1 amide bonds. The second-order valence-electron chi connectivity index (χ2n) is 9.72. The molecule has 2 aromatic heterocycles. The van der Waals surface area contributed by atoms with Gasteiger partial charge in [0.05, 0.1) is 23.6 Å². The molecular weight excluding hydrogens is 394 g/mol. The molecule has 0 aromatic carbocycles. The molecule has 0 spiro atoms. The molecule has 0 atom stereocenters. The van der Waals surface area contributed by atoms with Crippen molar-refractivity contribution < 1.29 is 18.8 Å². The highest BCUT2D eigenvalue weighted by Crippen LogP contribution is 2.42. The number of aromatic nitrogens is 2. The summed E-state index contributed by atoms with van der Waals surface area (Å²) in [7, 11) is 1.80. The van der Waals surface area contributed by atoms with Crippen LogP contribution in [0.3, 0.4) is 0 Å². The Morgan fingerprint density at radius 3 is 2.61 bits per heavy atom. The van der Waals surface area contributed by atoms with E-state index in [0.29, 0.717) is 22.6 Å². The second-order valence-corrected chi connectivity index (χ2v) is 9.72. The summed E-state index contributed by atoms with van der Waals surface area (Å²) >= 11 is 0. The number of pyridine rings is 1. The Hall–Kier alpha value is -2.57. The van der Waals surface area contributed by atoms with E-state index in [2.05, 4.69) is 24.0 Å². The maximum Gasteiger partial charge on any atom is 0.410 e. The topological polar surface area (TPSA) is 77.7 Å². The summed E-state index contributed by atoms with van der Waals surface area (Å²) in [5.74, 6) is 1.30. The summed E-state index contributed by atoms with van der Waals surface area (Å²) in [5, 5.41) is 4.06. The number of amides is 1. The van der Waals surface area contributed by atoms with E-state index in [1.807, 2.05) is 19.1 Å². The minimum Gasteiger partial charge on any atom is -0.489 e. The van der Waals surface area contributed by atoms with Crippen LogP contribution in [0.5, 0.6) is 5.75 Å². The zero-order valence-electron chi connectivity index (χ0n) is 19.0. The molecule has 2 aliphatic carbocycles. The number of carbonyl (C=O) groups is 1. The molecule has 0 bridgehead atoms. The molecule has 0 radical (unpaired) electrons. The van der Waals surface area contributed by atoms with Gasteiger partial charge in [-0.05, 0) is 63.0 Å². The molecule has 4 rings (SSSR count). The standard InChI is InChI=1S/C24H33N3O4/c1-16-20(15-29-23(28)27(4)17-12-24(2,3)13-17)22(31-26-16)21-11-10-19(14-25-21)30-18-8-6-5-7-9-18/h10-11,14,17-18H,5-9,12-13,15H2,1-4H3. The number of carbonyl (C=O) groups excluding carboxylic acids is 1. The van der Waals surface area contributed by atoms with Crippen molar-refractivity contribution in [2.24, 2.45) is 5.41 Å². The Bertz CT molecular complexity index is 892. The lowest BCUT2D eigenvalue weighted by molar-refractivity contribution is 0.0265. The van der Waals surface area contributed by atoms with Gasteiger partial charge in [0, 0.05) is 13.1 Å². The lowest BCUT2D eigenvalue weighted by Crippen LogP contribution is -2.49. The Kier molecular flexibility index (Phi) is 6.21. The fraction of sp³-hybridized carbons (Fsp3) is 0.625. The molecular formula is C24H33N3O4. The summed E-state index contributed by atoms with van der Waals surface area (Å²) in [6, 6.07) is 4.02. The molecule has 31 heavy (non-hydrogen) atoms. The highest BCUT2D eigenvalue weighted by molar-refractivity contribution is 5.68. The maximum absolute atomic E-state index is 12.5. The van der Waals surface area contributed by atoms with Crippen molar-refractivity contribution in [3.05, 3.63) is 29.6 Å². The summed E-state index contributed by atoms with van der Waals surface area (Å²) < 4.78 is 17.1. The fourth-order valence-corrected chi connectivity index (χ4v) is 4.59. The van der Waals surface area contributed by atoms with Gasteiger partial charge in [-0.2, -0.15) is 0 Å². The highest BCUT2D eigenvalue weighted by Gasteiger charge is 2.40. The number of aryl methyl sites for hydroxylation is 1. The summed E-state index contributed by atoms with van der Waals surface area (Å²) in [6.45, 7) is 6.38. The van der Waals surface area contributed by atoms with E-state index in [0.717, 1.165) is 37.0 Å². The van der Waals surface area contributed by atoms with Gasteiger partial charge in [-0.3, -0.25) is 0 Å². The van der Waals surface area contributed by atoms with Crippen LogP contribution < -0.4 is 4.74 Å². The van der Waals surface area contributed by atoms with Crippen LogP contribution in [0.15, 0.2) is 22.9 Å². The van der Waals surface area contributed by atoms with E-state index in [1.165, 1.54) is 19.3 Å². The van der Waals surface area contributed by atoms with Crippen molar-refractivity contribution in [1.82, 2.24) is 15.0 Å². The third-order valence-electron chi connectivity index (χ3n) is 6.56. The SMILES string of the molecule is Cc1noc(-c2ccc(OC3CCCCC3)cn2)c1COC(=O)N(C)C1CC(C)(C)C1. The van der Waals surface area contributed by atoms with Gasteiger partial charge >= 0.3 is 6.09 Å². The van der Waals surface area contributed by atoms with Crippen LogP contribution in [-0.2, 0) is 11.3 Å². The Morgan fingerprint density at radius 2 is 1.97 bits per heavy atom. The summed E-state index contributed by atoms with van der Waals surface area (Å²) in [5.41, 5.74) is 2.39. The minimum absolute atomic E-state index is 0.103. The lowest BCUT2D eigenvalue weighted by atomic mass is 9.68. The predicted octanol–water partition coefficient (Wildman–Crippen LogP) is 5.51. The Labute approximate surface area is 184 Å². The van der Waals surface area contributed by atoms with Crippen LogP contribution in [0, 0.1) is 12.3 Å². The van der Waals surface area contributed by atoms with Crippen molar-refractivity contribution in [2.75, 3.05) is 7.05 Å². The quantitative estimate of drug-likeness (QED) is 0.605. The molecule has 0 N–H and O–H groups in total. The average Bonchev–Trinajstić information content (AvgIpc) is 3.11. The molecule has 2 aromatic rings. The number of hydrogen-bond acceptors (Lipinski definition) is 6. The van der Waals surface area contributed by atoms with Crippen LogP contribution >= 0.6 is 0 Å². The number of hydrogen-bond donors (Lipinski definition) is 0. The van der Waals surface area contributed by atoms with E-state index in [1.54, 1.807) is 18.1 Å². The average molecular weight is 428 g/mol. The maximum atomic E-state index is 12.5. The van der Waals surface area contributed by atoms with E-state index in [4.69, 9.17) is 14.0 Å². The molecule has 2 fully saturated rings. The molecule has 7 nitrogen and oxygen atoms in total. The van der Waals surface area contributed by atoms with Crippen molar-refractivity contribution in [3.8, 4) is 17.2 Å². The third kappa shape index (κ3) is 5.02. The lowest BCUT2D eigenvalue weighted by Gasteiger charge is -2.46. The van der Waals surface area contributed by atoms with Gasteiger partial charge in [0.1, 0.15) is 18.1 Å². The third-order valence-corrected chi connectivity index (χ3v) is 6.56. The fourth-order valence-electron chi connectivity index (χ4n) is 4.59. The van der Waals surface area contributed by atoms with Gasteiger partial charge < -0.3 is 18.9 Å².